The van der Waals surface area contributed by atoms with Gasteiger partial charge in [0.15, 0.2) is 0 Å². The van der Waals surface area contributed by atoms with Crippen LogP contribution in [0, 0.1) is 6.92 Å². The van der Waals surface area contributed by atoms with Crippen LogP contribution in [0.1, 0.15) is 19.4 Å². The second-order valence-electron chi connectivity index (χ2n) is 3.93. The molecule has 0 fully saturated rings. The third-order valence-electron chi connectivity index (χ3n) is 2.23. The Morgan fingerprint density at radius 3 is 2.47 bits per heavy atom. The monoisotopic (exact) mass is 277 g/mol. The van der Waals surface area contributed by atoms with Crippen LogP contribution in [0.5, 0.6) is 0 Å². The molecule has 96 valence electrons. The van der Waals surface area contributed by atoms with Gasteiger partial charge in [-0.15, -0.1) is 11.3 Å². The Balaban J connectivity index is 3.18. The summed E-state index contributed by atoms with van der Waals surface area (Å²) in [6, 6.07) is 1.31. The number of aliphatic carboxylic acids is 1. The van der Waals surface area contributed by atoms with E-state index in [1.165, 1.54) is 0 Å². The summed E-state index contributed by atoms with van der Waals surface area (Å²) in [6.45, 7) is 4.49. The fourth-order valence-corrected chi connectivity index (χ4v) is 4.52. The molecule has 17 heavy (non-hydrogen) atoms. The molecule has 0 saturated carbocycles. The summed E-state index contributed by atoms with van der Waals surface area (Å²) in [4.78, 5) is 10.7. The zero-order valence-electron chi connectivity index (χ0n) is 9.87. The number of rotatable bonds is 5. The highest BCUT2D eigenvalue weighted by Gasteiger charge is 2.30. The van der Waals surface area contributed by atoms with Gasteiger partial charge in [-0.3, -0.25) is 4.79 Å². The first kappa shape index (κ1) is 14.1. The van der Waals surface area contributed by atoms with Crippen molar-refractivity contribution in [2.24, 2.45) is 0 Å². The van der Waals surface area contributed by atoms with Gasteiger partial charge in [0.05, 0.1) is 0 Å². The summed E-state index contributed by atoms with van der Waals surface area (Å²) in [5, 5.41) is 10.4. The second kappa shape index (κ2) is 5.16. The molecule has 0 atom stereocenters. The van der Waals surface area contributed by atoms with Crippen molar-refractivity contribution in [1.29, 1.82) is 0 Å². The van der Waals surface area contributed by atoms with E-state index in [0.717, 1.165) is 15.6 Å². The minimum Gasteiger partial charge on any atom is -0.480 e. The van der Waals surface area contributed by atoms with Crippen LogP contribution in [0.3, 0.4) is 0 Å². The first-order valence-corrected chi connectivity index (χ1v) is 7.36. The quantitative estimate of drug-likeness (QED) is 0.886. The molecule has 0 spiro atoms. The number of thiophene rings is 1. The predicted octanol–water partition coefficient (Wildman–Crippen LogP) is 1.54. The van der Waals surface area contributed by atoms with Crippen molar-refractivity contribution in [3.8, 4) is 0 Å². The van der Waals surface area contributed by atoms with Gasteiger partial charge in [0.2, 0.25) is 0 Å². The SMILES string of the molecule is Cc1ccsc1S(=O)(=O)N(CC(=O)O)C(C)C. The van der Waals surface area contributed by atoms with Crippen LogP contribution in [0.25, 0.3) is 0 Å². The van der Waals surface area contributed by atoms with E-state index in [9.17, 15) is 13.2 Å². The molecular formula is C10H15NO4S2. The molecule has 1 aromatic rings. The number of carboxylic acids is 1. The van der Waals surface area contributed by atoms with Gasteiger partial charge >= 0.3 is 5.97 Å². The molecule has 1 heterocycles. The maximum Gasteiger partial charge on any atom is 0.318 e. The van der Waals surface area contributed by atoms with Crippen LogP contribution >= 0.6 is 11.3 Å². The number of carbonyl (C=O) groups is 1. The van der Waals surface area contributed by atoms with Crippen molar-refractivity contribution in [3.63, 3.8) is 0 Å². The van der Waals surface area contributed by atoms with E-state index < -0.39 is 28.6 Å². The van der Waals surface area contributed by atoms with E-state index in [1.807, 2.05) is 0 Å². The van der Waals surface area contributed by atoms with Crippen molar-refractivity contribution >= 4 is 27.3 Å². The third kappa shape index (κ3) is 3.05. The molecule has 0 radical (unpaired) electrons. The molecule has 7 heteroatoms. The number of aryl methyl sites for hydroxylation is 1. The highest BCUT2D eigenvalue weighted by atomic mass is 32.2. The highest BCUT2D eigenvalue weighted by molar-refractivity contribution is 7.91. The van der Waals surface area contributed by atoms with Crippen molar-refractivity contribution in [2.75, 3.05) is 6.54 Å². The van der Waals surface area contributed by atoms with E-state index >= 15 is 0 Å². The first-order valence-electron chi connectivity index (χ1n) is 5.04. The molecule has 1 rings (SSSR count). The molecule has 0 amide bonds. The van der Waals surface area contributed by atoms with E-state index in [0.29, 0.717) is 5.56 Å². The fourth-order valence-electron chi connectivity index (χ4n) is 1.41. The van der Waals surface area contributed by atoms with Crippen LogP contribution in [0.4, 0.5) is 0 Å². The summed E-state index contributed by atoms with van der Waals surface area (Å²) < 4.78 is 25.7. The van der Waals surface area contributed by atoms with Crippen LogP contribution in [0.15, 0.2) is 15.7 Å². The molecular weight excluding hydrogens is 262 g/mol. The predicted molar refractivity (Wildman–Crippen MR) is 65.7 cm³/mol. The molecule has 0 bridgehead atoms. The molecule has 5 nitrogen and oxygen atoms in total. The van der Waals surface area contributed by atoms with Crippen LogP contribution in [-0.4, -0.2) is 36.4 Å². The van der Waals surface area contributed by atoms with Gasteiger partial charge in [0.25, 0.3) is 10.0 Å². The third-order valence-corrected chi connectivity index (χ3v) is 5.91. The molecule has 0 aliphatic carbocycles. The molecule has 1 N–H and O–H groups in total. The van der Waals surface area contributed by atoms with Crippen molar-refractivity contribution < 1.29 is 18.3 Å². The van der Waals surface area contributed by atoms with E-state index in [2.05, 4.69) is 0 Å². The zero-order chi connectivity index (χ0) is 13.2. The summed E-state index contributed by atoms with van der Waals surface area (Å²) in [5.41, 5.74) is 0.644. The second-order valence-corrected chi connectivity index (χ2v) is 6.93. The molecule has 0 aromatic carbocycles. The Labute approximate surface area is 105 Å². The summed E-state index contributed by atoms with van der Waals surface area (Å²) in [5.74, 6) is -1.16. The summed E-state index contributed by atoms with van der Waals surface area (Å²) in [7, 11) is -3.71. The van der Waals surface area contributed by atoms with E-state index in [4.69, 9.17) is 5.11 Å². The lowest BCUT2D eigenvalue weighted by molar-refractivity contribution is -0.137. The fraction of sp³-hybridized carbons (Fsp3) is 0.500. The van der Waals surface area contributed by atoms with Crippen molar-refractivity contribution in [2.45, 2.75) is 31.0 Å². The Morgan fingerprint density at radius 2 is 2.12 bits per heavy atom. The number of nitrogens with zero attached hydrogens (tertiary/aromatic N) is 1. The number of hydrogen-bond acceptors (Lipinski definition) is 4. The Bertz CT molecular complexity index is 504. The summed E-state index contributed by atoms with van der Waals surface area (Å²) in [6.07, 6.45) is 0. The lowest BCUT2D eigenvalue weighted by Gasteiger charge is -2.23. The topological polar surface area (TPSA) is 74.7 Å². The van der Waals surface area contributed by atoms with Gasteiger partial charge in [-0.05, 0) is 37.8 Å². The van der Waals surface area contributed by atoms with Gasteiger partial charge in [0, 0.05) is 6.04 Å². The van der Waals surface area contributed by atoms with E-state index in [-0.39, 0.29) is 4.21 Å². The molecule has 0 saturated heterocycles. The van der Waals surface area contributed by atoms with Gasteiger partial charge in [-0.2, -0.15) is 4.31 Å². The normalized spacial score (nSPS) is 12.3. The lowest BCUT2D eigenvalue weighted by atomic mass is 10.4. The molecule has 1 aromatic heterocycles. The molecule has 0 aliphatic heterocycles. The number of carboxylic acid groups (broad SMARTS) is 1. The van der Waals surface area contributed by atoms with Gasteiger partial charge in [-0.1, -0.05) is 0 Å². The standard InChI is InChI=1S/C10H15NO4S2/c1-7(2)11(6-9(12)13)17(14,15)10-8(3)4-5-16-10/h4-5,7H,6H2,1-3H3,(H,12,13). The van der Waals surface area contributed by atoms with E-state index in [1.54, 1.807) is 32.2 Å². The largest absolute Gasteiger partial charge is 0.480 e. The number of hydrogen-bond donors (Lipinski definition) is 1. The summed E-state index contributed by atoms with van der Waals surface area (Å²) >= 11 is 1.11. The first-order chi connectivity index (χ1) is 7.76. The molecule has 0 aliphatic rings. The number of sulfonamides is 1. The van der Waals surface area contributed by atoms with Gasteiger partial charge in [-0.25, -0.2) is 8.42 Å². The maximum atomic E-state index is 12.3. The molecule has 0 unspecified atom stereocenters. The van der Waals surface area contributed by atoms with Crippen LogP contribution in [-0.2, 0) is 14.8 Å². The van der Waals surface area contributed by atoms with Crippen LogP contribution in [0.2, 0.25) is 0 Å². The minimum atomic E-state index is -3.71. The lowest BCUT2D eigenvalue weighted by Crippen LogP contribution is -2.40. The van der Waals surface area contributed by atoms with Gasteiger partial charge in [0.1, 0.15) is 10.8 Å². The highest BCUT2D eigenvalue weighted by Crippen LogP contribution is 2.26. The average molecular weight is 277 g/mol. The Hall–Kier alpha value is -0.920. The average Bonchev–Trinajstić information content (AvgIpc) is 2.60. The van der Waals surface area contributed by atoms with Gasteiger partial charge < -0.3 is 5.11 Å². The Morgan fingerprint density at radius 1 is 1.53 bits per heavy atom. The maximum absolute atomic E-state index is 12.3. The van der Waals surface area contributed by atoms with Crippen LogP contribution < -0.4 is 0 Å². The smallest absolute Gasteiger partial charge is 0.318 e. The zero-order valence-corrected chi connectivity index (χ0v) is 11.5. The van der Waals surface area contributed by atoms with Crippen molar-refractivity contribution in [1.82, 2.24) is 4.31 Å². The Kier molecular flexibility index (Phi) is 4.29. The minimum absolute atomic E-state index is 0.215. The van der Waals surface area contributed by atoms with Crippen molar-refractivity contribution in [3.05, 3.63) is 17.0 Å².